The summed E-state index contributed by atoms with van der Waals surface area (Å²) in [7, 11) is 0. The number of nitrogens with zero attached hydrogens (tertiary/aromatic N) is 1. The molecule has 3 heteroatoms. The van der Waals surface area contributed by atoms with Crippen LogP contribution in [0.25, 0.3) is 0 Å². The van der Waals surface area contributed by atoms with E-state index in [0.29, 0.717) is 0 Å². The Bertz CT molecular complexity index is 650. The number of rotatable bonds is 6. The van der Waals surface area contributed by atoms with E-state index < -0.39 is 0 Å². The molecule has 2 aromatic carbocycles. The fourth-order valence-corrected chi connectivity index (χ4v) is 3.65. The van der Waals surface area contributed by atoms with E-state index in [2.05, 4.69) is 30.9 Å². The molecule has 1 heterocycles. The molecule has 0 spiro atoms. The first-order valence-electron chi connectivity index (χ1n) is 8.87. The first-order chi connectivity index (χ1) is 11.7. The summed E-state index contributed by atoms with van der Waals surface area (Å²) in [5, 5.41) is 9.72. The number of hydrogen-bond donors (Lipinski definition) is 1. The number of hydrogen-bond acceptors (Lipinski definition) is 3. The van der Waals surface area contributed by atoms with Gasteiger partial charge < -0.3 is 9.84 Å². The zero-order chi connectivity index (χ0) is 16.9. The lowest BCUT2D eigenvalue weighted by Gasteiger charge is -2.33. The number of aryl methyl sites for hydroxylation is 1. The van der Waals surface area contributed by atoms with Crippen LogP contribution in [0.3, 0.4) is 0 Å². The Hall–Kier alpha value is -1.84. The van der Waals surface area contributed by atoms with Gasteiger partial charge in [0.15, 0.2) is 0 Å². The van der Waals surface area contributed by atoms with Crippen LogP contribution in [0.4, 0.5) is 0 Å². The van der Waals surface area contributed by atoms with E-state index in [0.717, 1.165) is 24.6 Å². The van der Waals surface area contributed by atoms with Gasteiger partial charge in [-0.15, -0.1) is 0 Å². The Kier molecular flexibility index (Phi) is 5.54. The minimum Gasteiger partial charge on any atom is -0.457 e. The van der Waals surface area contributed by atoms with Crippen molar-refractivity contribution in [3.8, 4) is 11.5 Å². The Balaban J connectivity index is 1.84. The molecule has 3 rings (SSSR count). The van der Waals surface area contributed by atoms with Gasteiger partial charge in [0.2, 0.25) is 0 Å². The van der Waals surface area contributed by atoms with Crippen LogP contribution in [0.5, 0.6) is 11.5 Å². The van der Waals surface area contributed by atoms with Crippen molar-refractivity contribution in [2.24, 2.45) is 5.92 Å². The number of ether oxygens (including phenoxy) is 1. The lowest BCUT2D eigenvalue weighted by Crippen LogP contribution is -2.32. The van der Waals surface area contributed by atoms with Gasteiger partial charge in [-0.1, -0.05) is 31.2 Å². The molecular formula is C21H27NO2. The molecule has 0 amide bonds. The lowest BCUT2D eigenvalue weighted by molar-refractivity contribution is 0.125. The summed E-state index contributed by atoms with van der Waals surface area (Å²) in [6.45, 7) is 6.73. The summed E-state index contributed by atoms with van der Waals surface area (Å²) >= 11 is 0. The average molecular weight is 325 g/mol. The monoisotopic (exact) mass is 325 g/mol. The third kappa shape index (κ3) is 3.80. The maximum Gasteiger partial charge on any atom is 0.127 e. The molecule has 0 aromatic heterocycles. The molecule has 1 saturated heterocycles. The lowest BCUT2D eigenvalue weighted by atomic mass is 9.90. The average Bonchev–Trinajstić information content (AvgIpc) is 3.12. The number of aliphatic hydroxyl groups is 1. The first kappa shape index (κ1) is 17.0. The molecule has 24 heavy (non-hydrogen) atoms. The molecule has 1 aliphatic rings. The zero-order valence-electron chi connectivity index (χ0n) is 14.6. The SMILES string of the molecule is Cc1cc(Oc2ccccc2)ccc1C(C(C)CO)N1CCCC1. The molecule has 2 unspecified atom stereocenters. The van der Waals surface area contributed by atoms with Gasteiger partial charge in [0.05, 0.1) is 0 Å². The number of para-hydroxylation sites is 1. The van der Waals surface area contributed by atoms with E-state index in [-0.39, 0.29) is 18.6 Å². The predicted octanol–water partition coefficient (Wildman–Crippen LogP) is 4.55. The number of benzene rings is 2. The van der Waals surface area contributed by atoms with Gasteiger partial charge in [-0.25, -0.2) is 0 Å². The minimum absolute atomic E-state index is 0.211. The van der Waals surface area contributed by atoms with Crippen molar-refractivity contribution in [3.63, 3.8) is 0 Å². The molecular weight excluding hydrogens is 298 g/mol. The predicted molar refractivity (Wildman–Crippen MR) is 97.5 cm³/mol. The highest BCUT2D eigenvalue weighted by Crippen LogP contribution is 2.35. The highest BCUT2D eigenvalue weighted by atomic mass is 16.5. The van der Waals surface area contributed by atoms with Crippen molar-refractivity contribution in [2.45, 2.75) is 32.7 Å². The van der Waals surface area contributed by atoms with Gasteiger partial charge >= 0.3 is 0 Å². The molecule has 0 saturated carbocycles. The Morgan fingerprint density at radius 2 is 1.75 bits per heavy atom. The van der Waals surface area contributed by atoms with Crippen molar-refractivity contribution in [2.75, 3.05) is 19.7 Å². The summed E-state index contributed by atoms with van der Waals surface area (Å²) in [4.78, 5) is 2.51. The van der Waals surface area contributed by atoms with Crippen molar-refractivity contribution in [1.29, 1.82) is 0 Å². The first-order valence-corrected chi connectivity index (χ1v) is 8.87. The summed E-state index contributed by atoms with van der Waals surface area (Å²) in [6.07, 6.45) is 2.51. The van der Waals surface area contributed by atoms with E-state index >= 15 is 0 Å². The second-order valence-electron chi connectivity index (χ2n) is 6.78. The molecule has 0 aliphatic carbocycles. The summed E-state index contributed by atoms with van der Waals surface area (Å²) in [5.41, 5.74) is 2.53. The fourth-order valence-electron chi connectivity index (χ4n) is 3.65. The van der Waals surface area contributed by atoms with Crippen molar-refractivity contribution >= 4 is 0 Å². The van der Waals surface area contributed by atoms with Gasteiger partial charge in [0.25, 0.3) is 0 Å². The Morgan fingerprint density at radius 1 is 1.04 bits per heavy atom. The highest BCUT2D eigenvalue weighted by molar-refractivity contribution is 5.39. The van der Waals surface area contributed by atoms with Crippen LogP contribution < -0.4 is 4.74 Å². The Labute approximate surface area is 144 Å². The van der Waals surface area contributed by atoms with Gasteiger partial charge in [0.1, 0.15) is 11.5 Å². The van der Waals surface area contributed by atoms with Crippen molar-refractivity contribution < 1.29 is 9.84 Å². The largest absolute Gasteiger partial charge is 0.457 e. The molecule has 1 aliphatic heterocycles. The van der Waals surface area contributed by atoms with Gasteiger partial charge in [0, 0.05) is 12.6 Å². The standard InChI is InChI=1S/C21H27NO2/c1-16-14-19(24-18-8-4-3-5-9-18)10-11-20(16)21(17(2)15-23)22-12-6-7-13-22/h3-5,8-11,14,17,21,23H,6-7,12-13,15H2,1-2H3. The molecule has 1 fully saturated rings. The van der Waals surface area contributed by atoms with Crippen LogP contribution >= 0.6 is 0 Å². The molecule has 3 nitrogen and oxygen atoms in total. The van der Waals surface area contributed by atoms with E-state index in [1.54, 1.807) is 0 Å². The highest BCUT2D eigenvalue weighted by Gasteiger charge is 2.29. The molecule has 2 atom stereocenters. The van der Waals surface area contributed by atoms with Gasteiger partial charge in [-0.2, -0.15) is 0 Å². The summed E-state index contributed by atoms with van der Waals surface area (Å²) in [5.74, 6) is 1.94. The molecule has 2 aromatic rings. The maximum atomic E-state index is 9.72. The summed E-state index contributed by atoms with van der Waals surface area (Å²) < 4.78 is 5.94. The Morgan fingerprint density at radius 3 is 2.38 bits per heavy atom. The van der Waals surface area contributed by atoms with Crippen LogP contribution in [-0.4, -0.2) is 29.7 Å². The van der Waals surface area contributed by atoms with Gasteiger partial charge in [-0.3, -0.25) is 4.90 Å². The van der Waals surface area contributed by atoms with Crippen molar-refractivity contribution in [3.05, 3.63) is 59.7 Å². The number of aliphatic hydroxyl groups excluding tert-OH is 1. The maximum absolute atomic E-state index is 9.72. The van der Waals surface area contributed by atoms with Crippen LogP contribution in [0.1, 0.15) is 36.9 Å². The minimum atomic E-state index is 0.211. The third-order valence-electron chi connectivity index (χ3n) is 4.90. The van der Waals surface area contributed by atoms with Gasteiger partial charge in [-0.05, 0) is 74.2 Å². The van der Waals surface area contributed by atoms with E-state index in [9.17, 15) is 5.11 Å². The van der Waals surface area contributed by atoms with Crippen LogP contribution in [-0.2, 0) is 0 Å². The molecule has 0 bridgehead atoms. The third-order valence-corrected chi connectivity index (χ3v) is 4.90. The van der Waals surface area contributed by atoms with E-state index in [1.165, 1.54) is 24.0 Å². The normalized spacial score (nSPS) is 17.6. The molecule has 0 radical (unpaired) electrons. The van der Waals surface area contributed by atoms with Crippen LogP contribution in [0.15, 0.2) is 48.5 Å². The van der Waals surface area contributed by atoms with E-state index in [4.69, 9.17) is 4.74 Å². The van der Waals surface area contributed by atoms with Crippen molar-refractivity contribution in [1.82, 2.24) is 4.90 Å². The topological polar surface area (TPSA) is 32.7 Å². The number of likely N-dealkylation sites (tertiary alicyclic amines) is 1. The second kappa shape index (κ2) is 7.82. The molecule has 1 N–H and O–H groups in total. The quantitative estimate of drug-likeness (QED) is 0.845. The zero-order valence-corrected chi connectivity index (χ0v) is 14.6. The summed E-state index contributed by atoms with van der Waals surface area (Å²) in [6, 6.07) is 16.5. The van der Waals surface area contributed by atoms with Crippen LogP contribution in [0, 0.1) is 12.8 Å². The van der Waals surface area contributed by atoms with Crippen LogP contribution in [0.2, 0.25) is 0 Å². The van der Waals surface area contributed by atoms with E-state index in [1.807, 2.05) is 36.4 Å². The smallest absolute Gasteiger partial charge is 0.127 e. The second-order valence-corrected chi connectivity index (χ2v) is 6.78. The molecule has 128 valence electrons. The fraction of sp³-hybridized carbons (Fsp3) is 0.429.